The highest BCUT2D eigenvalue weighted by molar-refractivity contribution is 6.30. The first-order valence-corrected chi connectivity index (χ1v) is 11.3. The van der Waals surface area contributed by atoms with Crippen LogP contribution >= 0.6 is 11.6 Å². The highest BCUT2D eigenvalue weighted by atomic mass is 35.5. The molecule has 1 aliphatic heterocycles. The van der Waals surface area contributed by atoms with Crippen molar-refractivity contribution in [2.24, 2.45) is 0 Å². The van der Waals surface area contributed by atoms with Crippen molar-refractivity contribution in [3.05, 3.63) is 118 Å². The summed E-state index contributed by atoms with van der Waals surface area (Å²) in [7, 11) is 0. The average Bonchev–Trinajstić information content (AvgIpc) is 3.27. The molecule has 0 radical (unpaired) electrons. The van der Waals surface area contributed by atoms with Crippen LogP contribution in [0.1, 0.15) is 17.2 Å². The summed E-state index contributed by atoms with van der Waals surface area (Å²) in [5, 5.41) is 5.89. The van der Waals surface area contributed by atoms with Gasteiger partial charge in [-0.1, -0.05) is 35.9 Å². The molecule has 0 fully saturated rings. The number of nitrogens with one attached hydrogen (secondary N) is 2. The van der Waals surface area contributed by atoms with Crippen molar-refractivity contribution in [2.45, 2.75) is 12.6 Å². The van der Waals surface area contributed by atoms with E-state index in [-0.39, 0.29) is 17.9 Å². The Hall–Kier alpha value is -4.50. The van der Waals surface area contributed by atoms with Crippen LogP contribution in [-0.2, 0) is 11.3 Å². The van der Waals surface area contributed by atoms with E-state index in [1.165, 1.54) is 34.0 Å². The monoisotopic (exact) mass is 503 g/mol. The molecule has 3 aromatic carbocycles. The zero-order valence-corrected chi connectivity index (χ0v) is 19.4. The Morgan fingerprint density at radius 3 is 2.56 bits per heavy atom. The maximum absolute atomic E-state index is 14.9. The number of aromatic nitrogens is 2. The fourth-order valence-corrected chi connectivity index (χ4v) is 4.23. The molecule has 0 saturated carbocycles. The van der Waals surface area contributed by atoms with E-state index in [0.717, 1.165) is 17.8 Å². The standard InChI is InChI=1S/C26H19ClFN5O3/c27-17-5-7-18(8-6-17)30-26(36)33-15-16-3-1-2-4-20(16)24(33)25(35)31-22-10-9-19(13-21(22)28)32-12-11-29-14-23(32)34/h1-14,24H,15H2,(H,30,36)(H,31,35). The Bertz CT molecular complexity index is 1520. The summed E-state index contributed by atoms with van der Waals surface area (Å²) in [6.45, 7) is 0.208. The zero-order chi connectivity index (χ0) is 25.2. The third-order valence-electron chi connectivity index (χ3n) is 5.82. The van der Waals surface area contributed by atoms with E-state index in [1.807, 2.05) is 12.1 Å². The molecule has 2 N–H and O–H groups in total. The van der Waals surface area contributed by atoms with Crippen molar-refractivity contribution < 1.29 is 14.0 Å². The van der Waals surface area contributed by atoms with Gasteiger partial charge in [-0.05, 0) is 47.5 Å². The van der Waals surface area contributed by atoms with E-state index in [4.69, 9.17) is 11.6 Å². The third-order valence-corrected chi connectivity index (χ3v) is 6.07. The molecular weight excluding hydrogens is 485 g/mol. The molecule has 0 bridgehead atoms. The second kappa shape index (κ2) is 9.63. The number of hydrogen-bond donors (Lipinski definition) is 2. The lowest BCUT2D eigenvalue weighted by Gasteiger charge is -2.25. The molecule has 0 aliphatic carbocycles. The fraction of sp³-hybridized carbons (Fsp3) is 0.0769. The number of rotatable bonds is 4. The molecule has 0 saturated heterocycles. The molecule has 0 spiro atoms. The quantitative estimate of drug-likeness (QED) is 0.420. The molecule has 1 atom stereocenters. The molecule has 2 heterocycles. The summed E-state index contributed by atoms with van der Waals surface area (Å²) < 4.78 is 16.2. The van der Waals surface area contributed by atoms with Gasteiger partial charge in [-0.15, -0.1) is 0 Å². The van der Waals surface area contributed by atoms with Gasteiger partial charge < -0.3 is 15.5 Å². The largest absolute Gasteiger partial charge is 0.323 e. The molecular formula is C26H19ClFN5O3. The number of carbonyl (C=O) groups is 2. The van der Waals surface area contributed by atoms with E-state index in [1.54, 1.807) is 36.4 Å². The van der Waals surface area contributed by atoms with Crippen LogP contribution in [0, 0.1) is 5.82 Å². The topological polar surface area (TPSA) is 96.3 Å². The van der Waals surface area contributed by atoms with Gasteiger partial charge in [-0.3, -0.25) is 19.1 Å². The molecule has 10 heteroatoms. The maximum Gasteiger partial charge on any atom is 0.323 e. The second-order valence-electron chi connectivity index (χ2n) is 8.10. The van der Waals surface area contributed by atoms with Gasteiger partial charge in [0.05, 0.1) is 17.6 Å². The van der Waals surface area contributed by atoms with E-state index in [0.29, 0.717) is 16.3 Å². The van der Waals surface area contributed by atoms with Gasteiger partial charge >= 0.3 is 6.03 Å². The van der Waals surface area contributed by atoms with Crippen molar-refractivity contribution in [1.82, 2.24) is 14.5 Å². The van der Waals surface area contributed by atoms with Gasteiger partial charge in [0.25, 0.3) is 11.5 Å². The van der Waals surface area contributed by atoms with Crippen molar-refractivity contribution in [1.29, 1.82) is 0 Å². The normalized spacial score (nSPS) is 14.3. The summed E-state index contributed by atoms with van der Waals surface area (Å²) in [6, 6.07) is 16.4. The molecule has 1 aliphatic rings. The number of carbonyl (C=O) groups excluding carboxylic acids is 2. The summed E-state index contributed by atoms with van der Waals surface area (Å²) >= 11 is 5.92. The molecule has 3 amide bonds. The minimum absolute atomic E-state index is 0.0757. The van der Waals surface area contributed by atoms with E-state index in [2.05, 4.69) is 15.6 Å². The molecule has 1 unspecified atom stereocenters. The number of benzene rings is 3. The Labute approximate surface area is 210 Å². The van der Waals surface area contributed by atoms with Crippen LogP contribution in [0.2, 0.25) is 5.02 Å². The summed E-state index contributed by atoms with van der Waals surface area (Å²) in [4.78, 5) is 43.6. The fourth-order valence-electron chi connectivity index (χ4n) is 4.11. The molecule has 5 rings (SSSR count). The van der Waals surface area contributed by atoms with Gasteiger partial charge in [0, 0.05) is 35.7 Å². The molecule has 36 heavy (non-hydrogen) atoms. The predicted octanol–water partition coefficient (Wildman–Crippen LogP) is 4.75. The highest BCUT2D eigenvalue weighted by Gasteiger charge is 2.38. The maximum atomic E-state index is 14.9. The van der Waals surface area contributed by atoms with Gasteiger partial charge in [0.15, 0.2) is 0 Å². The van der Waals surface area contributed by atoms with Crippen LogP contribution in [0.4, 0.5) is 20.6 Å². The number of fused-ring (bicyclic) bond motifs is 1. The van der Waals surface area contributed by atoms with Gasteiger partial charge in [0.2, 0.25) is 0 Å². The van der Waals surface area contributed by atoms with E-state index < -0.39 is 29.4 Å². The average molecular weight is 504 g/mol. The lowest BCUT2D eigenvalue weighted by atomic mass is 10.0. The SMILES string of the molecule is O=C(Nc1ccc(-n2ccncc2=O)cc1F)C1c2ccccc2CN1C(=O)Nc1ccc(Cl)cc1. The number of nitrogens with zero attached hydrogens (tertiary/aromatic N) is 3. The Morgan fingerprint density at radius 1 is 1.03 bits per heavy atom. The van der Waals surface area contributed by atoms with E-state index in [9.17, 15) is 18.8 Å². The van der Waals surface area contributed by atoms with Gasteiger partial charge in [-0.2, -0.15) is 0 Å². The van der Waals surface area contributed by atoms with Crippen LogP contribution in [0.15, 0.2) is 90.1 Å². The van der Waals surface area contributed by atoms with Crippen LogP contribution in [0.3, 0.4) is 0 Å². The van der Waals surface area contributed by atoms with E-state index >= 15 is 0 Å². The van der Waals surface area contributed by atoms with Gasteiger partial charge in [0.1, 0.15) is 11.9 Å². The smallest absolute Gasteiger partial charge is 0.321 e. The number of hydrogen-bond acceptors (Lipinski definition) is 4. The predicted molar refractivity (Wildman–Crippen MR) is 134 cm³/mol. The van der Waals surface area contributed by atoms with Crippen LogP contribution in [0.5, 0.6) is 0 Å². The first kappa shape index (κ1) is 23.3. The second-order valence-corrected chi connectivity index (χ2v) is 8.54. The molecule has 8 nitrogen and oxygen atoms in total. The van der Waals surface area contributed by atoms with Crippen LogP contribution in [0.25, 0.3) is 5.69 Å². The van der Waals surface area contributed by atoms with Crippen molar-refractivity contribution in [2.75, 3.05) is 10.6 Å². The highest BCUT2D eigenvalue weighted by Crippen LogP contribution is 2.35. The molecule has 180 valence electrons. The Balaban J connectivity index is 1.40. The Morgan fingerprint density at radius 2 is 1.81 bits per heavy atom. The number of amides is 3. The number of anilines is 2. The summed E-state index contributed by atoms with van der Waals surface area (Å²) in [5.41, 5.74) is 1.78. The Kier molecular flexibility index (Phi) is 6.22. The summed E-state index contributed by atoms with van der Waals surface area (Å²) in [6.07, 6.45) is 3.95. The molecule has 4 aromatic rings. The zero-order valence-electron chi connectivity index (χ0n) is 18.7. The minimum Gasteiger partial charge on any atom is -0.321 e. The lowest BCUT2D eigenvalue weighted by molar-refractivity contribution is -0.120. The lowest BCUT2D eigenvalue weighted by Crippen LogP contribution is -2.39. The molecule has 1 aromatic heterocycles. The van der Waals surface area contributed by atoms with Crippen LogP contribution in [-0.4, -0.2) is 26.4 Å². The number of halogens is 2. The first-order chi connectivity index (χ1) is 17.4. The van der Waals surface area contributed by atoms with Gasteiger partial charge in [-0.25, -0.2) is 9.18 Å². The third kappa shape index (κ3) is 4.56. The van der Waals surface area contributed by atoms with Crippen molar-refractivity contribution in [3.8, 4) is 5.69 Å². The van der Waals surface area contributed by atoms with Crippen molar-refractivity contribution >= 4 is 34.9 Å². The first-order valence-electron chi connectivity index (χ1n) is 10.9. The number of urea groups is 1. The van der Waals surface area contributed by atoms with Crippen LogP contribution < -0.4 is 16.2 Å². The minimum atomic E-state index is -0.976. The van der Waals surface area contributed by atoms with Crippen molar-refractivity contribution in [3.63, 3.8) is 0 Å². The summed E-state index contributed by atoms with van der Waals surface area (Å²) in [5.74, 6) is -1.30.